The number of fused-ring (bicyclic) bond motifs is 1. The molecule has 5 nitrogen and oxygen atoms in total. The number of hydrogen-bond donors (Lipinski definition) is 2. The Morgan fingerprint density at radius 1 is 1.23 bits per heavy atom. The Morgan fingerprint density at radius 3 is 2.67 bits per heavy atom. The average Bonchev–Trinajstić information content (AvgIpc) is 3.31. The van der Waals surface area contributed by atoms with Crippen molar-refractivity contribution >= 4 is 16.8 Å². The molecule has 156 valence electrons. The molecule has 1 aromatic heterocycles. The Morgan fingerprint density at radius 2 is 2.00 bits per heavy atom. The lowest BCUT2D eigenvalue weighted by atomic mass is 9.84. The van der Waals surface area contributed by atoms with Crippen molar-refractivity contribution in [2.24, 2.45) is 11.1 Å². The molecule has 30 heavy (non-hydrogen) atoms. The number of primary amides is 1. The van der Waals surface area contributed by atoms with Gasteiger partial charge in [-0.2, -0.15) is 0 Å². The predicted molar refractivity (Wildman–Crippen MR) is 119 cm³/mol. The molecule has 3 aromatic rings. The van der Waals surface area contributed by atoms with Crippen molar-refractivity contribution in [3.63, 3.8) is 0 Å². The van der Waals surface area contributed by atoms with Gasteiger partial charge in [0.1, 0.15) is 5.75 Å². The molecule has 0 radical (unpaired) electrons. The summed E-state index contributed by atoms with van der Waals surface area (Å²) in [6, 6.07) is 12.5. The van der Waals surface area contributed by atoms with Crippen LogP contribution in [0.25, 0.3) is 10.9 Å². The van der Waals surface area contributed by atoms with Gasteiger partial charge in [-0.25, -0.2) is 0 Å². The Kier molecular flexibility index (Phi) is 4.58. The number of hydrogen-bond acceptors (Lipinski definition) is 3. The van der Waals surface area contributed by atoms with Crippen LogP contribution in [0.3, 0.4) is 0 Å². The second-order valence-electron chi connectivity index (χ2n) is 9.07. The monoisotopic (exact) mass is 403 g/mol. The molecule has 0 unspecified atom stereocenters. The zero-order chi connectivity index (χ0) is 20.9. The van der Waals surface area contributed by atoms with Gasteiger partial charge in [0, 0.05) is 40.8 Å². The molecule has 3 N–H and O–H groups in total. The molecule has 2 aliphatic rings. The van der Waals surface area contributed by atoms with Crippen molar-refractivity contribution in [1.82, 2.24) is 9.88 Å². The van der Waals surface area contributed by atoms with E-state index in [1.54, 1.807) is 7.11 Å². The van der Waals surface area contributed by atoms with Gasteiger partial charge in [0.25, 0.3) is 0 Å². The average molecular weight is 404 g/mol. The maximum atomic E-state index is 11.5. The smallest absolute Gasteiger partial charge is 0.248 e. The van der Waals surface area contributed by atoms with Crippen LogP contribution < -0.4 is 10.5 Å². The molecule has 2 heterocycles. The van der Waals surface area contributed by atoms with E-state index in [-0.39, 0.29) is 5.91 Å². The Balaban J connectivity index is 1.51. The Labute approximate surface area is 177 Å². The number of carbonyl (C=O) groups excluding carboxylic acids is 1. The lowest BCUT2D eigenvalue weighted by Gasteiger charge is -2.40. The van der Waals surface area contributed by atoms with Crippen LogP contribution in [-0.2, 0) is 6.54 Å². The highest BCUT2D eigenvalue weighted by molar-refractivity contribution is 5.92. The summed E-state index contributed by atoms with van der Waals surface area (Å²) in [5.41, 5.74) is 11.4. The fraction of sp³-hybridized carbons (Fsp3) is 0.400. The zero-order valence-corrected chi connectivity index (χ0v) is 17.7. The van der Waals surface area contributed by atoms with Crippen LogP contribution >= 0.6 is 0 Å². The Bertz CT molecular complexity index is 1100. The first-order valence-corrected chi connectivity index (χ1v) is 10.8. The van der Waals surface area contributed by atoms with Gasteiger partial charge in [-0.1, -0.05) is 12.1 Å². The number of methoxy groups -OCH3 is 1. The second kappa shape index (κ2) is 7.17. The summed E-state index contributed by atoms with van der Waals surface area (Å²) in [6.45, 7) is 4.04. The van der Waals surface area contributed by atoms with Crippen LogP contribution in [-0.4, -0.2) is 29.4 Å². The first-order valence-electron chi connectivity index (χ1n) is 10.8. The molecule has 1 saturated heterocycles. The van der Waals surface area contributed by atoms with Crippen LogP contribution in [0.5, 0.6) is 5.75 Å². The summed E-state index contributed by atoms with van der Waals surface area (Å²) in [4.78, 5) is 17.5. The highest BCUT2D eigenvalue weighted by Gasteiger charge is 2.48. The lowest BCUT2D eigenvalue weighted by Crippen LogP contribution is -2.37. The molecule has 5 rings (SSSR count). The molecule has 2 aromatic carbocycles. The van der Waals surface area contributed by atoms with Gasteiger partial charge < -0.3 is 15.5 Å². The van der Waals surface area contributed by atoms with E-state index in [1.165, 1.54) is 53.3 Å². The molecule has 1 aliphatic carbocycles. The van der Waals surface area contributed by atoms with Gasteiger partial charge in [0.15, 0.2) is 0 Å². The summed E-state index contributed by atoms with van der Waals surface area (Å²) < 4.78 is 5.79. The standard InChI is InChI=1S/C25H29N3O2/c1-16-13-22(30-2)20(19-7-11-27-23(16)19)15-28-12-10-25(8-9-25)14-21(28)17-3-5-18(6-4-17)24(26)29/h3-7,11,13,21,27H,8-10,12,14-15H2,1-2H3,(H2,26,29)/t21-/m1/s1. The number of nitrogens with one attached hydrogen (secondary N) is 1. The number of likely N-dealkylation sites (tertiary alicyclic amines) is 1. The van der Waals surface area contributed by atoms with Gasteiger partial charge in [0.2, 0.25) is 5.91 Å². The van der Waals surface area contributed by atoms with Crippen molar-refractivity contribution < 1.29 is 9.53 Å². The van der Waals surface area contributed by atoms with Crippen LogP contribution in [0.15, 0.2) is 42.6 Å². The SMILES string of the molecule is COc1cc(C)c2[nH]ccc2c1CN1CCC2(CC2)C[C@@H]1c1ccc(C(N)=O)cc1. The molecule has 2 fully saturated rings. The molecule has 1 spiro atoms. The number of piperidine rings is 1. The fourth-order valence-electron chi connectivity index (χ4n) is 5.18. The van der Waals surface area contributed by atoms with Gasteiger partial charge in [-0.15, -0.1) is 0 Å². The number of rotatable bonds is 5. The van der Waals surface area contributed by atoms with Crippen LogP contribution in [0.2, 0.25) is 0 Å². The van der Waals surface area contributed by atoms with E-state index in [1.807, 2.05) is 18.3 Å². The maximum Gasteiger partial charge on any atom is 0.248 e. The van der Waals surface area contributed by atoms with E-state index in [9.17, 15) is 4.79 Å². The van der Waals surface area contributed by atoms with E-state index >= 15 is 0 Å². The topological polar surface area (TPSA) is 71.3 Å². The summed E-state index contributed by atoms with van der Waals surface area (Å²) in [6.07, 6.45) is 7.12. The minimum atomic E-state index is -0.375. The number of aryl methyl sites for hydroxylation is 1. The molecule has 1 amide bonds. The summed E-state index contributed by atoms with van der Waals surface area (Å²) in [5, 5.41) is 1.24. The van der Waals surface area contributed by atoms with Crippen molar-refractivity contribution in [2.45, 2.75) is 45.2 Å². The highest BCUT2D eigenvalue weighted by atomic mass is 16.5. The fourth-order valence-corrected chi connectivity index (χ4v) is 5.18. The van der Waals surface area contributed by atoms with Crippen molar-refractivity contribution in [3.8, 4) is 5.75 Å². The highest BCUT2D eigenvalue weighted by Crippen LogP contribution is 2.58. The zero-order valence-electron chi connectivity index (χ0n) is 17.7. The van der Waals surface area contributed by atoms with Gasteiger partial charge >= 0.3 is 0 Å². The van der Waals surface area contributed by atoms with Gasteiger partial charge in [-0.05, 0) is 80.0 Å². The second-order valence-corrected chi connectivity index (χ2v) is 9.07. The normalized spacial score (nSPS) is 20.5. The van der Waals surface area contributed by atoms with Gasteiger partial charge in [0.05, 0.1) is 7.11 Å². The molecular weight excluding hydrogens is 374 g/mol. The summed E-state index contributed by atoms with van der Waals surface area (Å²) in [7, 11) is 1.76. The van der Waals surface area contributed by atoms with Crippen LogP contribution in [0.1, 0.15) is 58.8 Å². The number of aromatic amines is 1. The minimum Gasteiger partial charge on any atom is -0.496 e. The third kappa shape index (κ3) is 3.27. The number of benzene rings is 2. The number of carbonyl (C=O) groups is 1. The molecule has 0 bridgehead atoms. The molecule has 1 atom stereocenters. The third-order valence-electron chi connectivity index (χ3n) is 7.23. The van der Waals surface area contributed by atoms with Gasteiger partial charge in [-0.3, -0.25) is 9.69 Å². The maximum absolute atomic E-state index is 11.5. The van der Waals surface area contributed by atoms with E-state index in [2.05, 4.69) is 41.1 Å². The number of ether oxygens (including phenoxy) is 1. The van der Waals surface area contributed by atoms with E-state index in [4.69, 9.17) is 10.5 Å². The Hall–Kier alpha value is -2.79. The van der Waals surface area contributed by atoms with E-state index < -0.39 is 0 Å². The molecular formula is C25H29N3O2. The number of aromatic nitrogens is 1. The molecule has 1 saturated carbocycles. The quantitative estimate of drug-likeness (QED) is 0.649. The van der Waals surface area contributed by atoms with Crippen molar-refractivity contribution in [2.75, 3.05) is 13.7 Å². The molecule has 5 heteroatoms. The van der Waals surface area contributed by atoms with Crippen LogP contribution in [0, 0.1) is 12.3 Å². The predicted octanol–water partition coefficient (Wildman–Crippen LogP) is 4.70. The van der Waals surface area contributed by atoms with E-state index in [0.717, 1.165) is 18.8 Å². The largest absolute Gasteiger partial charge is 0.496 e. The lowest BCUT2D eigenvalue weighted by molar-refractivity contribution is 0.0936. The van der Waals surface area contributed by atoms with Crippen LogP contribution in [0.4, 0.5) is 0 Å². The number of H-pyrrole nitrogens is 1. The van der Waals surface area contributed by atoms with Crippen molar-refractivity contribution in [1.29, 1.82) is 0 Å². The van der Waals surface area contributed by atoms with E-state index in [0.29, 0.717) is 17.0 Å². The third-order valence-corrected chi connectivity index (χ3v) is 7.23. The number of nitrogens with two attached hydrogens (primary N) is 1. The summed E-state index contributed by atoms with van der Waals surface area (Å²) in [5.74, 6) is 0.578. The first-order chi connectivity index (χ1) is 14.5. The van der Waals surface area contributed by atoms with Crippen molar-refractivity contribution in [3.05, 3.63) is 64.8 Å². The number of amides is 1. The first kappa shape index (κ1) is 19.2. The number of nitrogens with zero attached hydrogens (tertiary/aromatic N) is 1. The molecule has 1 aliphatic heterocycles. The summed E-state index contributed by atoms with van der Waals surface area (Å²) >= 11 is 0. The minimum absolute atomic E-state index is 0.336.